The molecule has 140 valence electrons. The van der Waals surface area contributed by atoms with Crippen LogP contribution < -0.4 is 4.90 Å². The number of carbonyl (C=O) groups excluding carboxylic acids is 2. The zero-order valence-corrected chi connectivity index (χ0v) is 15.1. The van der Waals surface area contributed by atoms with Gasteiger partial charge in [-0.2, -0.15) is 0 Å². The van der Waals surface area contributed by atoms with E-state index in [-0.39, 0.29) is 11.3 Å². The summed E-state index contributed by atoms with van der Waals surface area (Å²) in [5.74, 6) is -1.07. The largest absolute Gasteiger partial charge is 0.375 e. The Kier molecular flexibility index (Phi) is 4.80. The van der Waals surface area contributed by atoms with Crippen LogP contribution in [0.4, 0.5) is 11.4 Å². The smallest absolute Gasteiger partial charge is 0.270 e. The molecule has 0 bridgehead atoms. The Balaban J connectivity index is 1.99. The molecule has 3 rings (SSSR count). The van der Waals surface area contributed by atoms with E-state index in [4.69, 9.17) is 0 Å². The van der Waals surface area contributed by atoms with Gasteiger partial charge in [-0.25, -0.2) is 0 Å². The van der Waals surface area contributed by atoms with Crippen molar-refractivity contribution in [2.75, 3.05) is 11.4 Å². The predicted molar refractivity (Wildman–Crippen MR) is 99.8 cm³/mol. The number of nitrogens with zero attached hydrogens (tertiary/aromatic N) is 2. The third-order valence-corrected chi connectivity index (χ3v) is 4.73. The number of amides is 1. The van der Waals surface area contributed by atoms with Crippen molar-refractivity contribution in [2.45, 2.75) is 32.3 Å². The van der Waals surface area contributed by atoms with Gasteiger partial charge in [0, 0.05) is 29.8 Å². The van der Waals surface area contributed by atoms with Crippen molar-refractivity contribution in [2.24, 2.45) is 0 Å². The van der Waals surface area contributed by atoms with Crippen LogP contribution in [0.5, 0.6) is 0 Å². The molecule has 0 aromatic heterocycles. The fraction of sp³-hybridized carbons (Fsp3) is 0.300. The lowest BCUT2D eigenvalue weighted by Gasteiger charge is -2.22. The molecule has 1 atom stereocenters. The highest BCUT2D eigenvalue weighted by Crippen LogP contribution is 2.43. The molecule has 2 aromatic carbocycles. The van der Waals surface area contributed by atoms with E-state index >= 15 is 0 Å². The van der Waals surface area contributed by atoms with Crippen LogP contribution in [0.2, 0.25) is 0 Å². The van der Waals surface area contributed by atoms with Gasteiger partial charge in [-0.05, 0) is 19.4 Å². The van der Waals surface area contributed by atoms with E-state index in [1.54, 1.807) is 12.1 Å². The summed E-state index contributed by atoms with van der Waals surface area (Å²) in [6.07, 6.45) is 0.234. The number of carbonyl (C=O) groups is 2. The average Bonchev–Trinajstić information content (AvgIpc) is 2.84. The van der Waals surface area contributed by atoms with Crippen molar-refractivity contribution in [3.8, 4) is 0 Å². The summed E-state index contributed by atoms with van der Waals surface area (Å²) in [6, 6.07) is 10.6. The van der Waals surface area contributed by atoms with Gasteiger partial charge in [0.05, 0.1) is 17.0 Å². The number of aryl methyl sites for hydroxylation is 1. The Morgan fingerprint density at radius 2 is 2.00 bits per heavy atom. The van der Waals surface area contributed by atoms with Gasteiger partial charge >= 0.3 is 0 Å². The molecule has 7 heteroatoms. The number of non-ortho nitro benzene ring substituents is 1. The van der Waals surface area contributed by atoms with E-state index in [0.717, 1.165) is 11.6 Å². The summed E-state index contributed by atoms with van der Waals surface area (Å²) >= 11 is 0. The monoisotopic (exact) mass is 368 g/mol. The number of hydrogen-bond donors (Lipinski definition) is 1. The first-order valence-corrected chi connectivity index (χ1v) is 8.71. The maximum Gasteiger partial charge on any atom is 0.270 e. The standard InChI is InChI=1S/C20H20N2O5/c1-3-9-21-17-8-7-13(2)10-16(17)20(25,19(21)24)12-18(23)14-5-4-6-15(11-14)22(26)27/h4-8,10-11,25H,3,9,12H2,1-2H3/t20-/m0/s1. The summed E-state index contributed by atoms with van der Waals surface area (Å²) in [6.45, 7) is 4.20. The molecule has 27 heavy (non-hydrogen) atoms. The van der Waals surface area contributed by atoms with E-state index in [9.17, 15) is 24.8 Å². The lowest BCUT2D eigenvalue weighted by atomic mass is 9.87. The van der Waals surface area contributed by atoms with Crippen LogP contribution in [-0.2, 0) is 10.4 Å². The number of rotatable bonds is 6. The first-order valence-electron chi connectivity index (χ1n) is 8.71. The lowest BCUT2D eigenvalue weighted by molar-refractivity contribution is -0.384. The Morgan fingerprint density at radius 3 is 2.67 bits per heavy atom. The van der Waals surface area contributed by atoms with Gasteiger partial charge in [0.15, 0.2) is 11.4 Å². The van der Waals surface area contributed by atoms with Crippen LogP contribution in [0.15, 0.2) is 42.5 Å². The van der Waals surface area contributed by atoms with Crippen molar-refractivity contribution < 1.29 is 19.6 Å². The lowest BCUT2D eigenvalue weighted by Crippen LogP contribution is -2.42. The van der Waals surface area contributed by atoms with E-state index < -0.39 is 28.6 Å². The quantitative estimate of drug-likeness (QED) is 0.480. The zero-order chi connectivity index (χ0) is 19.8. The fourth-order valence-corrected chi connectivity index (χ4v) is 3.41. The number of hydrogen-bond acceptors (Lipinski definition) is 5. The average molecular weight is 368 g/mol. The van der Waals surface area contributed by atoms with Gasteiger partial charge in [-0.15, -0.1) is 0 Å². The summed E-state index contributed by atoms with van der Waals surface area (Å²) < 4.78 is 0. The second-order valence-corrected chi connectivity index (χ2v) is 6.75. The van der Waals surface area contributed by atoms with Crippen LogP contribution in [0, 0.1) is 17.0 Å². The summed E-state index contributed by atoms with van der Waals surface area (Å²) in [4.78, 5) is 37.5. The van der Waals surface area contributed by atoms with Crippen LogP contribution >= 0.6 is 0 Å². The van der Waals surface area contributed by atoms with E-state index in [0.29, 0.717) is 24.2 Å². The Labute approximate surface area is 156 Å². The maximum atomic E-state index is 12.9. The normalized spacial score (nSPS) is 18.5. The Bertz CT molecular complexity index is 940. The molecular weight excluding hydrogens is 348 g/mol. The van der Waals surface area contributed by atoms with E-state index in [1.165, 1.54) is 23.1 Å². The minimum absolute atomic E-state index is 0.0913. The maximum absolute atomic E-state index is 12.9. The molecule has 7 nitrogen and oxygen atoms in total. The van der Waals surface area contributed by atoms with Crippen molar-refractivity contribution in [1.29, 1.82) is 0 Å². The minimum Gasteiger partial charge on any atom is -0.375 e. The molecule has 0 fully saturated rings. The van der Waals surface area contributed by atoms with Crippen molar-refractivity contribution in [3.63, 3.8) is 0 Å². The Hall–Kier alpha value is -3.06. The van der Waals surface area contributed by atoms with Gasteiger partial charge in [0.2, 0.25) is 0 Å². The molecule has 2 aromatic rings. The van der Waals surface area contributed by atoms with Gasteiger partial charge in [0.1, 0.15) is 0 Å². The molecule has 1 aliphatic rings. The fourth-order valence-electron chi connectivity index (χ4n) is 3.41. The molecule has 0 radical (unpaired) electrons. The first kappa shape index (κ1) is 18.7. The molecule has 1 aliphatic heterocycles. The third-order valence-electron chi connectivity index (χ3n) is 4.73. The SMILES string of the molecule is CCCN1C(=O)[C@](O)(CC(=O)c2cccc([N+](=O)[O-])c2)c2cc(C)ccc21. The number of fused-ring (bicyclic) bond motifs is 1. The Morgan fingerprint density at radius 1 is 1.26 bits per heavy atom. The van der Waals surface area contributed by atoms with E-state index in [1.807, 2.05) is 19.9 Å². The van der Waals surface area contributed by atoms with Crippen LogP contribution in [-0.4, -0.2) is 28.3 Å². The second-order valence-electron chi connectivity index (χ2n) is 6.75. The van der Waals surface area contributed by atoms with Crippen molar-refractivity contribution in [3.05, 3.63) is 69.3 Å². The van der Waals surface area contributed by atoms with Gasteiger partial charge in [-0.3, -0.25) is 19.7 Å². The third kappa shape index (κ3) is 3.21. The highest BCUT2D eigenvalue weighted by Gasteiger charge is 2.50. The van der Waals surface area contributed by atoms with Crippen molar-refractivity contribution in [1.82, 2.24) is 0 Å². The van der Waals surface area contributed by atoms with Crippen LogP contribution in [0.25, 0.3) is 0 Å². The number of anilines is 1. The number of nitro groups is 1. The number of ketones is 1. The van der Waals surface area contributed by atoms with Crippen molar-refractivity contribution >= 4 is 23.1 Å². The minimum atomic E-state index is -1.97. The molecule has 0 aliphatic carbocycles. The molecule has 0 spiro atoms. The number of nitro benzene ring substituents is 1. The molecular formula is C20H20N2O5. The van der Waals surface area contributed by atoms with Crippen LogP contribution in [0.1, 0.15) is 41.3 Å². The van der Waals surface area contributed by atoms with Crippen LogP contribution in [0.3, 0.4) is 0 Å². The molecule has 0 saturated heterocycles. The van der Waals surface area contributed by atoms with Gasteiger partial charge in [-0.1, -0.05) is 36.8 Å². The molecule has 1 amide bonds. The summed E-state index contributed by atoms with van der Waals surface area (Å²) in [5.41, 5.74) is -0.233. The zero-order valence-electron chi connectivity index (χ0n) is 15.1. The number of aliphatic hydroxyl groups is 1. The molecule has 1 heterocycles. The predicted octanol–water partition coefficient (Wildman–Crippen LogP) is 3.12. The topological polar surface area (TPSA) is 101 Å². The summed E-state index contributed by atoms with van der Waals surface area (Å²) in [7, 11) is 0. The molecule has 0 saturated carbocycles. The highest BCUT2D eigenvalue weighted by atomic mass is 16.6. The second kappa shape index (κ2) is 6.92. The highest BCUT2D eigenvalue weighted by molar-refractivity contribution is 6.10. The first-order chi connectivity index (χ1) is 12.8. The summed E-state index contributed by atoms with van der Waals surface area (Å²) in [5, 5.41) is 22.1. The molecule has 0 unspecified atom stereocenters. The van der Waals surface area contributed by atoms with Gasteiger partial charge < -0.3 is 10.0 Å². The van der Waals surface area contributed by atoms with E-state index in [2.05, 4.69) is 0 Å². The number of Topliss-reactive ketones (excluding diaryl/α,β-unsaturated/α-hetero) is 1. The van der Waals surface area contributed by atoms with Gasteiger partial charge in [0.25, 0.3) is 11.6 Å². The molecule has 1 N–H and O–H groups in total. The number of benzene rings is 2.